The van der Waals surface area contributed by atoms with Gasteiger partial charge >= 0.3 is 6.09 Å². The molecule has 0 aliphatic carbocycles. The first-order valence-corrected chi connectivity index (χ1v) is 11.1. The second kappa shape index (κ2) is 11.5. The van der Waals surface area contributed by atoms with E-state index in [0.717, 1.165) is 16.0 Å². The van der Waals surface area contributed by atoms with E-state index in [1.807, 2.05) is 25.1 Å². The first-order chi connectivity index (χ1) is 15.9. The molecule has 180 valence electrons. The number of hydrogen-bond donors (Lipinski definition) is 2. The number of nitrogens with zero attached hydrogens (tertiary/aromatic N) is 2. The molecule has 8 nitrogen and oxygen atoms in total. The third-order valence-corrected chi connectivity index (χ3v) is 5.17. The van der Waals surface area contributed by atoms with Gasteiger partial charge in [-0.25, -0.2) is 4.79 Å². The number of carbonyl (C=O) groups excluding carboxylic acids is 3. The molecule has 2 rings (SSSR count). The number of carbonyl (C=O) groups is 3. The van der Waals surface area contributed by atoms with Gasteiger partial charge in [0.05, 0.1) is 16.8 Å². The molecule has 0 saturated carbocycles. The summed E-state index contributed by atoms with van der Waals surface area (Å²) in [5, 5.41) is 15.0. The minimum absolute atomic E-state index is 0.349. The molecule has 0 aromatic heterocycles. The second-order valence-electron chi connectivity index (χ2n) is 8.72. The van der Waals surface area contributed by atoms with E-state index >= 15 is 0 Å². The van der Waals surface area contributed by atoms with Gasteiger partial charge in [0.25, 0.3) is 5.91 Å². The van der Waals surface area contributed by atoms with Crippen molar-refractivity contribution in [1.82, 2.24) is 10.2 Å². The average molecular weight is 485 g/mol. The van der Waals surface area contributed by atoms with Crippen LogP contribution in [0.1, 0.15) is 43.5 Å². The van der Waals surface area contributed by atoms with E-state index in [9.17, 15) is 19.6 Å². The number of halogens is 1. The molecule has 0 aliphatic rings. The molecule has 0 aliphatic heterocycles. The van der Waals surface area contributed by atoms with Crippen molar-refractivity contribution in [3.8, 4) is 6.07 Å². The zero-order valence-corrected chi connectivity index (χ0v) is 20.7. The number of nitriles is 1. The minimum Gasteiger partial charge on any atom is -0.444 e. The summed E-state index contributed by atoms with van der Waals surface area (Å²) in [5.74, 6) is -1.15. The van der Waals surface area contributed by atoms with Gasteiger partial charge in [-0.15, -0.1) is 0 Å². The molecule has 34 heavy (non-hydrogen) atoms. The van der Waals surface area contributed by atoms with Gasteiger partial charge in [-0.2, -0.15) is 5.26 Å². The number of anilines is 1. The van der Waals surface area contributed by atoms with Gasteiger partial charge in [0, 0.05) is 0 Å². The highest BCUT2D eigenvalue weighted by atomic mass is 35.5. The van der Waals surface area contributed by atoms with Crippen molar-refractivity contribution in [3.63, 3.8) is 0 Å². The Morgan fingerprint density at radius 2 is 1.74 bits per heavy atom. The van der Waals surface area contributed by atoms with Crippen molar-refractivity contribution >= 4 is 35.2 Å². The maximum absolute atomic E-state index is 13.5. The third kappa shape index (κ3) is 7.22. The van der Waals surface area contributed by atoms with Gasteiger partial charge in [-0.1, -0.05) is 48.0 Å². The fraction of sp³-hybridized carbons (Fsp3) is 0.360. The van der Waals surface area contributed by atoms with Gasteiger partial charge in [0.15, 0.2) is 0 Å². The number of alkyl carbamates (subject to hydrolysis) is 1. The lowest BCUT2D eigenvalue weighted by Gasteiger charge is -2.31. The van der Waals surface area contributed by atoms with Crippen molar-refractivity contribution in [2.45, 2.75) is 46.3 Å². The highest BCUT2D eigenvalue weighted by Crippen LogP contribution is 2.30. The molecule has 3 amide bonds. The molecule has 2 aromatic rings. The van der Waals surface area contributed by atoms with Gasteiger partial charge in [0.1, 0.15) is 24.7 Å². The normalized spacial score (nSPS) is 11.7. The zero-order valence-electron chi connectivity index (χ0n) is 19.9. The van der Waals surface area contributed by atoms with Crippen LogP contribution in [0.25, 0.3) is 0 Å². The van der Waals surface area contributed by atoms with Crippen LogP contribution in [-0.2, 0) is 14.3 Å². The Labute approximate surface area is 204 Å². The Morgan fingerprint density at radius 1 is 1.09 bits per heavy atom. The number of aryl methyl sites for hydroxylation is 2. The fourth-order valence-electron chi connectivity index (χ4n) is 3.29. The Balaban J connectivity index is 2.39. The largest absolute Gasteiger partial charge is 0.444 e. The van der Waals surface area contributed by atoms with E-state index in [4.69, 9.17) is 16.3 Å². The predicted molar refractivity (Wildman–Crippen MR) is 130 cm³/mol. The maximum atomic E-state index is 13.5. The van der Waals surface area contributed by atoms with Crippen LogP contribution in [0.5, 0.6) is 0 Å². The van der Waals surface area contributed by atoms with Gasteiger partial charge in [-0.05, 0) is 57.4 Å². The first-order valence-electron chi connectivity index (χ1n) is 10.7. The van der Waals surface area contributed by atoms with Crippen molar-refractivity contribution in [2.75, 3.05) is 18.4 Å². The van der Waals surface area contributed by atoms with E-state index in [1.165, 1.54) is 0 Å². The van der Waals surface area contributed by atoms with Crippen LogP contribution >= 0.6 is 11.6 Å². The third-order valence-electron chi connectivity index (χ3n) is 4.86. The number of para-hydroxylation sites is 1. The quantitative estimate of drug-likeness (QED) is 0.561. The van der Waals surface area contributed by atoms with E-state index < -0.39 is 36.1 Å². The van der Waals surface area contributed by atoms with Gasteiger partial charge in [-0.3, -0.25) is 9.59 Å². The Morgan fingerprint density at radius 3 is 2.32 bits per heavy atom. The van der Waals surface area contributed by atoms with Crippen molar-refractivity contribution in [3.05, 3.63) is 64.2 Å². The Bertz CT molecular complexity index is 1080. The van der Waals surface area contributed by atoms with Gasteiger partial charge < -0.3 is 20.3 Å². The van der Waals surface area contributed by atoms with Crippen LogP contribution in [0.4, 0.5) is 10.5 Å². The smallest absolute Gasteiger partial charge is 0.408 e. The Hall–Kier alpha value is -3.57. The lowest BCUT2D eigenvalue weighted by atomic mass is 9.98. The fourth-order valence-corrected chi connectivity index (χ4v) is 3.56. The summed E-state index contributed by atoms with van der Waals surface area (Å²) in [7, 11) is 0. The van der Waals surface area contributed by atoms with Crippen molar-refractivity contribution in [2.24, 2.45) is 0 Å². The van der Waals surface area contributed by atoms with E-state index in [-0.39, 0.29) is 6.54 Å². The summed E-state index contributed by atoms with van der Waals surface area (Å²) in [6, 6.07) is 13.1. The van der Waals surface area contributed by atoms with E-state index in [1.54, 1.807) is 58.0 Å². The lowest BCUT2D eigenvalue weighted by molar-refractivity contribution is -0.137. The molecule has 0 fully saturated rings. The molecule has 9 heteroatoms. The summed E-state index contributed by atoms with van der Waals surface area (Å²) in [4.78, 5) is 39.8. The number of rotatable bonds is 7. The van der Waals surface area contributed by atoms with Crippen LogP contribution in [0.2, 0.25) is 5.02 Å². The standard InChI is InChI=1S/C25H29ClN4O4/c1-16-9-6-7-11-18(16)22(23(32)29-21-17(2)10-8-12-19(21)26)30(14-13-27)20(31)15-28-24(33)34-25(3,4)5/h6-12,22H,14-15H2,1-5H3,(H,28,33)(H,29,32). The number of benzene rings is 2. The molecule has 2 aromatic carbocycles. The lowest BCUT2D eigenvalue weighted by Crippen LogP contribution is -2.47. The second-order valence-corrected chi connectivity index (χ2v) is 9.12. The molecule has 2 N–H and O–H groups in total. The summed E-state index contributed by atoms with van der Waals surface area (Å²) < 4.78 is 5.17. The number of nitrogens with one attached hydrogen (secondary N) is 2. The van der Waals surface area contributed by atoms with E-state index in [2.05, 4.69) is 10.6 Å². The summed E-state index contributed by atoms with van der Waals surface area (Å²) in [6.07, 6.45) is -0.777. The van der Waals surface area contributed by atoms with Crippen molar-refractivity contribution in [1.29, 1.82) is 5.26 Å². The highest BCUT2D eigenvalue weighted by Gasteiger charge is 2.33. The highest BCUT2D eigenvalue weighted by molar-refractivity contribution is 6.34. The molecule has 1 atom stereocenters. The maximum Gasteiger partial charge on any atom is 0.408 e. The monoisotopic (exact) mass is 484 g/mol. The molecule has 1 unspecified atom stereocenters. The summed E-state index contributed by atoms with van der Waals surface area (Å²) in [6.45, 7) is 7.89. The zero-order chi connectivity index (χ0) is 25.5. The van der Waals surface area contributed by atoms with Crippen LogP contribution in [0.15, 0.2) is 42.5 Å². The predicted octanol–water partition coefficient (Wildman–Crippen LogP) is 4.51. The number of hydrogen-bond acceptors (Lipinski definition) is 5. The van der Waals surface area contributed by atoms with Gasteiger partial charge in [0.2, 0.25) is 5.91 Å². The molecule has 0 heterocycles. The van der Waals surface area contributed by atoms with E-state index in [0.29, 0.717) is 16.3 Å². The molecular weight excluding hydrogens is 456 g/mol. The molecular formula is C25H29ClN4O4. The molecule has 0 saturated heterocycles. The van der Waals surface area contributed by atoms with Crippen LogP contribution in [0.3, 0.4) is 0 Å². The molecule has 0 spiro atoms. The number of ether oxygens (including phenoxy) is 1. The average Bonchev–Trinajstić information content (AvgIpc) is 2.74. The van der Waals surface area contributed by atoms with Crippen LogP contribution in [-0.4, -0.2) is 41.5 Å². The van der Waals surface area contributed by atoms with Crippen LogP contribution in [0, 0.1) is 25.2 Å². The number of amides is 3. The first kappa shape index (κ1) is 26.7. The molecule has 0 radical (unpaired) electrons. The molecule has 0 bridgehead atoms. The minimum atomic E-state index is -1.13. The topological polar surface area (TPSA) is 112 Å². The van der Waals surface area contributed by atoms with Crippen molar-refractivity contribution < 1.29 is 19.1 Å². The SMILES string of the molecule is Cc1ccccc1C(C(=O)Nc1c(C)cccc1Cl)N(CC#N)C(=O)CNC(=O)OC(C)(C)C. The Kier molecular flexibility index (Phi) is 9.04. The summed E-state index contributed by atoms with van der Waals surface area (Å²) >= 11 is 6.29. The summed E-state index contributed by atoms with van der Waals surface area (Å²) in [5.41, 5.74) is 1.73. The van der Waals surface area contributed by atoms with Crippen LogP contribution < -0.4 is 10.6 Å².